The van der Waals surface area contributed by atoms with Gasteiger partial charge < -0.3 is 4.74 Å². The number of ether oxygens (including phenoxy) is 1. The molecule has 0 aliphatic carbocycles. The van der Waals surface area contributed by atoms with Crippen molar-refractivity contribution in [2.75, 3.05) is 0 Å². The molecular formula is C13H7Cl2NO4. The molecule has 102 valence electrons. The molecule has 0 N–H and O–H groups in total. The zero-order valence-electron chi connectivity index (χ0n) is 9.88. The molecule has 20 heavy (non-hydrogen) atoms. The second kappa shape index (κ2) is 5.90. The van der Waals surface area contributed by atoms with E-state index >= 15 is 0 Å². The monoisotopic (exact) mass is 311 g/mol. The van der Waals surface area contributed by atoms with Gasteiger partial charge in [0.25, 0.3) is 5.69 Å². The molecule has 0 aliphatic rings. The predicted octanol–water partition coefficient (Wildman–Crippen LogP) is 4.51. The summed E-state index contributed by atoms with van der Waals surface area (Å²) < 4.78 is 5.44. The molecule has 5 nitrogen and oxygen atoms in total. The van der Waals surface area contributed by atoms with E-state index < -0.39 is 4.92 Å². The van der Waals surface area contributed by atoms with Gasteiger partial charge in [0.15, 0.2) is 12.0 Å². The van der Waals surface area contributed by atoms with Crippen LogP contribution in [-0.2, 0) is 0 Å². The normalized spacial score (nSPS) is 10.1. The van der Waals surface area contributed by atoms with Gasteiger partial charge >= 0.3 is 0 Å². The summed E-state index contributed by atoms with van der Waals surface area (Å²) in [5.41, 5.74) is 0.184. The van der Waals surface area contributed by atoms with Gasteiger partial charge in [0.2, 0.25) is 0 Å². The number of hydrogen-bond donors (Lipinski definition) is 0. The maximum atomic E-state index is 10.7. The highest BCUT2D eigenvalue weighted by atomic mass is 35.5. The largest absolute Gasteiger partial charge is 0.455 e. The van der Waals surface area contributed by atoms with Crippen LogP contribution in [0.5, 0.6) is 11.5 Å². The molecule has 0 unspecified atom stereocenters. The van der Waals surface area contributed by atoms with Gasteiger partial charge in [0.1, 0.15) is 5.75 Å². The molecule has 7 heteroatoms. The first-order valence-corrected chi connectivity index (χ1v) is 6.13. The topological polar surface area (TPSA) is 69.4 Å². The summed E-state index contributed by atoms with van der Waals surface area (Å²) in [6.07, 6.45) is 0.618. The molecule has 0 spiro atoms. The van der Waals surface area contributed by atoms with Crippen molar-refractivity contribution in [3.05, 3.63) is 62.1 Å². The highest BCUT2D eigenvalue weighted by Gasteiger charge is 2.12. The van der Waals surface area contributed by atoms with Gasteiger partial charge in [-0.3, -0.25) is 14.9 Å². The lowest BCUT2D eigenvalue weighted by Gasteiger charge is -2.08. The quantitative estimate of drug-likeness (QED) is 0.473. The molecule has 2 aromatic rings. The summed E-state index contributed by atoms with van der Waals surface area (Å²) in [6.45, 7) is 0. The van der Waals surface area contributed by atoms with Gasteiger partial charge in [0, 0.05) is 17.7 Å². The number of carbonyl (C=O) groups is 1. The first kappa shape index (κ1) is 14.3. The molecule has 0 saturated heterocycles. The van der Waals surface area contributed by atoms with Gasteiger partial charge in [0.05, 0.1) is 21.0 Å². The van der Waals surface area contributed by atoms with Gasteiger partial charge in [-0.15, -0.1) is 0 Å². The summed E-state index contributed by atoms with van der Waals surface area (Å²) in [4.78, 5) is 20.8. The lowest BCUT2D eigenvalue weighted by atomic mass is 10.2. The number of rotatable bonds is 4. The van der Waals surface area contributed by atoms with E-state index in [9.17, 15) is 14.9 Å². The molecule has 2 aromatic carbocycles. The van der Waals surface area contributed by atoms with E-state index in [0.29, 0.717) is 17.6 Å². The molecule has 0 aliphatic heterocycles. The van der Waals surface area contributed by atoms with Crippen molar-refractivity contribution in [2.24, 2.45) is 0 Å². The van der Waals surface area contributed by atoms with Gasteiger partial charge in [-0.05, 0) is 18.2 Å². The Bertz CT molecular complexity index is 688. The van der Waals surface area contributed by atoms with Gasteiger partial charge in [-0.25, -0.2) is 0 Å². The number of carbonyl (C=O) groups excluding carboxylic acids is 1. The van der Waals surface area contributed by atoms with E-state index in [4.69, 9.17) is 27.9 Å². The zero-order chi connectivity index (χ0) is 14.7. The Labute approximate surface area is 123 Å². The molecular weight excluding hydrogens is 305 g/mol. The fourth-order valence-electron chi connectivity index (χ4n) is 1.48. The Morgan fingerprint density at radius 3 is 2.45 bits per heavy atom. The van der Waals surface area contributed by atoms with E-state index in [1.54, 1.807) is 0 Å². The number of nitro benzene ring substituents is 1. The Morgan fingerprint density at radius 2 is 1.85 bits per heavy atom. The number of nitro groups is 1. The SMILES string of the molecule is O=Cc1ccc(Oc2cc([N+](=O)[O-])ccc2Cl)cc1Cl. The van der Waals surface area contributed by atoms with Crippen LogP contribution < -0.4 is 4.74 Å². The van der Waals surface area contributed by atoms with E-state index in [1.165, 1.54) is 36.4 Å². The highest BCUT2D eigenvalue weighted by molar-refractivity contribution is 6.33. The maximum absolute atomic E-state index is 10.7. The third-order valence-corrected chi connectivity index (χ3v) is 3.09. The lowest BCUT2D eigenvalue weighted by Crippen LogP contribution is -1.91. The van der Waals surface area contributed by atoms with Gasteiger partial charge in [-0.1, -0.05) is 23.2 Å². The second-order valence-electron chi connectivity index (χ2n) is 3.78. The second-order valence-corrected chi connectivity index (χ2v) is 4.59. The molecule has 0 atom stereocenters. The van der Waals surface area contributed by atoms with Crippen LogP contribution in [0.2, 0.25) is 10.0 Å². The van der Waals surface area contributed by atoms with Crippen molar-refractivity contribution >= 4 is 35.2 Å². The average molecular weight is 312 g/mol. The fourth-order valence-corrected chi connectivity index (χ4v) is 1.85. The van der Waals surface area contributed by atoms with E-state index in [0.717, 1.165) is 0 Å². The molecule has 0 saturated carbocycles. The minimum absolute atomic E-state index is 0.135. The molecule has 0 fully saturated rings. The molecule has 2 rings (SSSR count). The van der Waals surface area contributed by atoms with Crippen LogP contribution in [0.15, 0.2) is 36.4 Å². The molecule has 0 heterocycles. The van der Waals surface area contributed by atoms with Crippen molar-refractivity contribution in [2.45, 2.75) is 0 Å². The average Bonchev–Trinajstić information content (AvgIpc) is 2.41. The lowest BCUT2D eigenvalue weighted by molar-refractivity contribution is -0.384. The van der Waals surface area contributed by atoms with E-state index in [2.05, 4.69) is 0 Å². The minimum atomic E-state index is -0.550. The number of non-ortho nitro benzene ring substituents is 1. The first-order chi connectivity index (χ1) is 9.51. The van der Waals surface area contributed by atoms with Gasteiger partial charge in [-0.2, -0.15) is 0 Å². The van der Waals surface area contributed by atoms with Crippen molar-refractivity contribution in [1.29, 1.82) is 0 Å². The predicted molar refractivity (Wildman–Crippen MR) is 75.0 cm³/mol. The smallest absolute Gasteiger partial charge is 0.273 e. The van der Waals surface area contributed by atoms with Crippen LogP contribution in [-0.4, -0.2) is 11.2 Å². The number of hydrogen-bond acceptors (Lipinski definition) is 4. The van der Waals surface area contributed by atoms with Crippen molar-refractivity contribution in [3.8, 4) is 11.5 Å². The number of nitrogens with zero attached hydrogens (tertiary/aromatic N) is 1. The molecule has 0 radical (unpaired) electrons. The van der Waals surface area contributed by atoms with Crippen LogP contribution >= 0.6 is 23.2 Å². The van der Waals surface area contributed by atoms with Crippen molar-refractivity contribution in [3.63, 3.8) is 0 Å². The standard InChI is InChI=1S/C13H7Cl2NO4/c14-11-4-2-9(16(18)19)5-13(11)20-10-3-1-8(7-17)12(15)6-10/h1-7H. The Kier molecular flexibility index (Phi) is 4.22. The van der Waals surface area contributed by atoms with Crippen LogP contribution in [0.25, 0.3) is 0 Å². The van der Waals surface area contributed by atoms with Crippen LogP contribution in [0, 0.1) is 10.1 Å². The Morgan fingerprint density at radius 1 is 1.10 bits per heavy atom. The highest BCUT2D eigenvalue weighted by Crippen LogP contribution is 2.33. The molecule has 0 aromatic heterocycles. The van der Waals surface area contributed by atoms with Crippen LogP contribution in [0.4, 0.5) is 5.69 Å². The van der Waals surface area contributed by atoms with E-state index in [-0.39, 0.29) is 21.5 Å². The Hall–Kier alpha value is -2.11. The minimum Gasteiger partial charge on any atom is -0.455 e. The fraction of sp³-hybridized carbons (Fsp3) is 0. The number of benzene rings is 2. The van der Waals surface area contributed by atoms with Crippen LogP contribution in [0.1, 0.15) is 10.4 Å². The summed E-state index contributed by atoms with van der Waals surface area (Å²) >= 11 is 11.8. The Balaban J connectivity index is 2.34. The molecule has 0 bridgehead atoms. The first-order valence-electron chi connectivity index (χ1n) is 5.38. The van der Waals surface area contributed by atoms with Crippen molar-refractivity contribution < 1.29 is 14.5 Å². The van der Waals surface area contributed by atoms with Crippen LogP contribution in [0.3, 0.4) is 0 Å². The van der Waals surface area contributed by atoms with Crippen molar-refractivity contribution in [1.82, 2.24) is 0 Å². The summed E-state index contributed by atoms with van der Waals surface area (Å²) in [5, 5.41) is 11.2. The summed E-state index contributed by atoms with van der Waals surface area (Å²) in [6, 6.07) is 8.29. The third-order valence-electron chi connectivity index (χ3n) is 2.45. The molecule has 0 amide bonds. The number of halogens is 2. The number of aldehydes is 1. The third kappa shape index (κ3) is 3.07. The maximum Gasteiger partial charge on any atom is 0.273 e. The summed E-state index contributed by atoms with van der Waals surface area (Å²) in [7, 11) is 0. The summed E-state index contributed by atoms with van der Waals surface area (Å²) in [5.74, 6) is 0.457. The zero-order valence-corrected chi connectivity index (χ0v) is 11.4. The van der Waals surface area contributed by atoms with E-state index in [1.807, 2.05) is 0 Å².